The normalized spacial score (nSPS) is 17.0. The Hall–Kier alpha value is -0.320. The second kappa shape index (κ2) is 4.28. The summed E-state index contributed by atoms with van der Waals surface area (Å²) < 4.78 is 13.9. The van der Waals surface area contributed by atoms with Crippen molar-refractivity contribution in [3.05, 3.63) is 27.6 Å². The lowest BCUT2D eigenvalue weighted by atomic mass is 9.88. The molecule has 1 saturated heterocycles. The van der Waals surface area contributed by atoms with Crippen molar-refractivity contribution < 1.29 is 4.39 Å². The van der Waals surface area contributed by atoms with E-state index in [4.69, 9.17) is 0 Å². The van der Waals surface area contributed by atoms with Crippen LogP contribution < -0.4 is 4.90 Å². The minimum Gasteiger partial charge on any atom is -0.370 e. The van der Waals surface area contributed by atoms with E-state index in [2.05, 4.69) is 41.3 Å². The number of rotatable bonds is 2. The minimum atomic E-state index is -0.149. The highest BCUT2D eigenvalue weighted by Crippen LogP contribution is 2.32. The monoisotopic (exact) mass is 319 g/mol. The molecule has 1 nitrogen and oxygen atoms in total. The standard InChI is InChI=1S/C12H15FIN/c1-8(2)9-6-15(7-9)12-4-3-10(13)5-11(12)14/h3-5,8-9H,6-7H2,1-2H3. The van der Waals surface area contributed by atoms with Crippen molar-refractivity contribution in [2.75, 3.05) is 18.0 Å². The van der Waals surface area contributed by atoms with Crippen molar-refractivity contribution in [2.45, 2.75) is 13.8 Å². The van der Waals surface area contributed by atoms with Crippen LogP contribution in [0.15, 0.2) is 18.2 Å². The Morgan fingerprint density at radius 1 is 1.40 bits per heavy atom. The molecule has 0 aliphatic carbocycles. The van der Waals surface area contributed by atoms with Crippen LogP contribution in [0.3, 0.4) is 0 Å². The maximum absolute atomic E-state index is 12.9. The van der Waals surface area contributed by atoms with Gasteiger partial charge in [0.1, 0.15) is 5.82 Å². The predicted octanol–water partition coefficient (Wildman–Crippen LogP) is 3.52. The van der Waals surface area contributed by atoms with E-state index in [1.165, 1.54) is 5.69 Å². The van der Waals surface area contributed by atoms with E-state index < -0.39 is 0 Å². The molecule has 1 aromatic carbocycles. The zero-order valence-corrected chi connectivity index (χ0v) is 11.2. The predicted molar refractivity (Wildman–Crippen MR) is 69.7 cm³/mol. The number of anilines is 1. The Balaban J connectivity index is 2.07. The van der Waals surface area contributed by atoms with Crippen LogP contribution in [0.2, 0.25) is 0 Å². The highest BCUT2D eigenvalue weighted by atomic mass is 127. The highest BCUT2D eigenvalue weighted by Gasteiger charge is 2.29. The molecule has 0 spiro atoms. The van der Waals surface area contributed by atoms with Gasteiger partial charge in [-0.2, -0.15) is 0 Å². The van der Waals surface area contributed by atoms with Gasteiger partial charge in [0.05, 0.1) is 5.69 Å². The first-order valence-electron chi connectivity index (χ1n) is 5.28. The van der Waals surface area contributed by atoms with Crippen molar-refractivity contribution in [1.29, 1.82) is 0 Å². The fraction of sp³-hybridized carbons (Fsp3) is 0.500. The number of benzene rings is 1. The molecule has 1 aliphatic heterocycles. The maximum Gasteiger partial charge on any atom is 0.124 e. The third-order valence-electron chi connectivity index (χ3n) is 3.10. The molecule has 15 heavy (non-hydrogen) atoms. The molecule has 0 saturated carbocycles. The van der Waals surface area contributed by atoms with E-state index in [-0.39, 0.29) is 5.82 Å². The summed E-state index contributed by atoms with van der Waals surface area (Å²) in [5.41, 5.74) is 1.17. The second-order valence-corrected chi connectivity index (χ2v) is 5.67. The molecule has 0 amide bonds. The Bertz CT molecular complexity index is 359. The van der Waals surface area contributed by atoms with Gasteiger partial charge >= 0.3 is 0 Å². The molecule has 1 heterocycles. The summed E-state index contributed by atoms with van der Waals surface area (Å²) in [5, 5.41) is 0. The molecule has 0 unspecified atom stereocenters. The van der Waals surface area contributed by atoms with Crippen LogP contribution in [0.25, 0.3) is 0 Å². The molecule has 82 valence electrons. The maximum atomic E-state index is 12.9. The molecule has 0 bridgehead atoms. The van der Waals surface area contributed by atoms with Crippen LogP contribution in [0.5, 0.6) is 0 Å². The third kappa shape index (κ3) is 2.27. The molecule has 0 atom stereocenters. The van der Waals surface area contributed by atoms with E-state index in [1.807, 2.05) is 6.07 Å². The van der Waals surface area contributed by atoms with E-state index >= 15 is 0 Å². The lowest BCUT2D eigenvalue weighted by Crippen LogP contribution is -2.49. The second-order valence-electron chi connectivity index (χ2n) is 4.50. The summed E-state index contributed by atoms with van der Waals surface area (Å²) in [4.78, 5) is 2.33. The summed E-state index contributed by atoms with van der Waals surface area (Å²) in [6.07, 6.45) is 0. The molecule has 0 radical (unpaired) electrons. The Kier molecular flexibility index (Phi) is 3.19. The van der Waals surface area contributed by atoms with Crippen molar-refractivity contribution in [3.8, 4) is 0 Å². The zero-order valence-electron chi connectivity index (χ0n) is 9.00. The highest BCUT2D eigenvalue weighted by molar-refractivity contribution is 14.1. The van der Waals surface area contributed by atoms with Crippen LogP contribution in [-0.4, -0.2) is 13.1 Å². The molecule has 2 rings (SSSR count). The lowest BCUT2D eigenvalue weighted by Gasteiger charge is -2.43. The van der Waals surface area contributed by atoms with E-state index in [9.17, 15) is 4.39 Å². The van der Waals surface area contributed by atoms with Gasteiger partial charge in [-0.25, -0.2) is 4.39 Å². The van der Waals surface area contributed by atoms with Gasteiger partial charge in [-0.15, -0.1) is 0 Å². The van der Waals surface area contributed by atoms with Gasteiger partial charge in [0.25, 0.3) is 0 Å². The molecule has 0 aromatic heterocycles. The average molecular weight is 319 g/mol. The summed E-state index contributed by atoms with van der Waals surface area (Å²) in [6.45, 7) is 6.74. The van der Waals surface area contributed by atoms with Gasteiger partial charge in [-0.3, -0.25) is 0 Å². The summed E-state index contributed by atoms with van der Waals surface area (Å²) >= 11 is 2.20. The number of nitrogens with zero attached hydrogens (tertiary/aromatic N) is 1. The zero-order chi connectivity index (χ0) is 11.0. The van der Waals surface area contributed by atoms with Gasteiger partial charge in [-0.05, 0) is 52.6 Å². The van der Waals surface area contributed by atoms with Gasteiger partial charge < -0.3 is 4.90 Å². The third-order valence-corrected chi connectivity index (χ3v) is 3.97. The summed E-state index contributed by atoms with van der Waals surface area (Å²) in [7, 11) is 0. The Morgan fingerprint density at radius 2 is 2.07 bits per heavy atom. The van der Waals surface area contributed by atoms with Crippen molar-refractivity contribution >= 4 is 28.3 Å². The molecule has 1 aromatic rings. The van der Waals surface area contributed by atoms with Crippen LogP contribution >= 0.6 is 22.6 Å². The molecule has 0 N–H and O–H groups in total. The first-order chi connectivity index (χ1) is 7.08. The van der Waals surface area contributed by atoms with Crippen molar-refractivity contribution in [1.82, 2.24) is 0 Å². The van der Waals surface area contributed by atoms with E-state index in [0.29, 0.717) is 0 Å². The minimum absolute atomic E-state index is 0.149. The van der Waals surface area contributed by atoms with Gasteiger partial charge in [0.2, 0.25) is 0 Å². The first-order valence-corrected chi connectivity index (χ1v) is 6.36. The Labute approximate surface area is 104 Å². The average Bonchev–Trinajstić information content (AvgIpc) is 2.05. The summed E-state index contributed by atoms with van der Waals surface area (Å²) in [5.74, 6) is 1.40. The summed E-state index contributed by atoms with van der Waals surface area (Å²) in [6, 6.07) is 5.02. The van der Waals surface area contributed by atoms with Crippen LogP contribution in [-0.2, 0) is 0 Å². The molecular formula is C12H15FIN. The largest absolute Gasteiger partial charge is 0.370 e. The quantitative estimate of drug-likeness (QED) is 0.754. The van der Waals surface area contributed by atoms with Crippen LogP contribution in [0, 0.1) is 21.2 Å². The fourth-order valence-electron chi connectivity index (χ4n) is 1.87. The smallest absolute Gasteiger partial charge is 0.124 e. The topological polar surface area (TPSA) is 3.24 Å². The SMILES string of the molecule is CC(C)C1CN(c2ccc(F)cc2I)C1. The van der Waals surface area contributed by atoms with Gasteiger partial charge in [0.15, 0.2) is 0 Å². The number of halogens is 2. The molecular weight excluding hydrogens is 304 g/mol. The van der Waals surface area contributed by atoms with Gasteiger partial charge in [-0.1, -0.05) is 13.8 Å². The number of hydrogen-bond acceptors (Lipinski definition) is 1. The number of hydrogen-bond donors (Lipinski definition) is 0. The molecule has 3 heteroatoms. The van der Waals surface area contributed by atoms with Crippen molar-refractivity contribution in [2.24, 2.45) is 11.8 Å². The van der Waals surface area contributed by atoms with E-state index in [0.717, 1.165) is 28.5 Å². The fourth-order valence-corrected chi connectivity index (χ4v) is 2.69. The lowest BCUT2D eigenvalue weighted by molar-refractivity contribution is 0.309. The molecule has 1 aliphatic rings. The van der Waals surface area contributed by atoms with Gasteiger partial charge in [0, 0.05) is 16.7 Å². The Morgan fingerprint density at radius 3 is 2.60 bits per heavy atom. The van der Waals surface area contributed by atoms with Crippen molar-refractivity contribution in [3.63, 3.8) is 0 Å². The van der Waals surface area contributed by atoms with Crippen LogP contribution in [0.4, 0.5) is 10.1 Å². The van der Waals surface area contributed by atoms with E-state index in [1.54, 1.807) is 12.1 Å². The molecule has 1 fully saturated rings. The van der Waals surface area contributed by atoms with Crippen LogP contribution in [0.1, 0.15) is 13.8 Å². The first kappa shape index (κ1) is 11.2.